The van der Waals surface area contributed by atoms with Gasteiger partial charge in [-0.15, -0.1) is 0 Å². The lowest BCUT2D eigenvalue weighted by molar-refractivity contribution is -0.164. The van der Waals surface area contributed by atoms with E-state index in [1.54, 1.807) is 0 Å². The van der Waals surface area contributed by atoms with Crippen LogP contribution in [0.15, 0.2) is 6.07 Å². The van der Waals surface area contributed by atoms with Crippen LogP contribution in [0.2, 0.25) is 0 Å². The van der Waals surface area contributed by atoms with Crippen molar-refractivity contribution in [3.63, 3.8) is 0 Å². The van der Waals surface area contributed by atoms with E-state index in [0.29, 0.717) is 12.0 Å². The Morgan fingerprint density at radius 2 is 2.04 bits per heavy atom. The largest absolute Gasteiger partial charge is 0.390 e. The Bertz CT molecular complexity index is 570. The Morgan fingerprint density at radius 3 is 2.74 bits per heavy atom. The molecule has 1 aromatic heterocycles. The molecule has 7 nitrogen and oxygen atoms in total. The molecule has 3 heterocycles. The molecule has 0 bridgehead atoms. The van der Waals surface area contributed by atoms with Crippen molar-refractivity contribution >= 4 is 17.6 Å². The van der Waals surface area contributed by atoms with Crippen molar-refractivity contribution in [3.05, 3.63) is 6.07 Å². The van der Waals surface area contributed by atoms with Gasteiger partial charge in [0.15, 0.2) is 0 Å². The molecule has 3 aliphatic rings. The van der Waals surface area contributed by atoms with Crippen molar-refractivity contribution in [2.24, 2.45) is 0 Å². The highest BCUT2D eigenvalue weighted by atomic mass is 16.5. The fourth-order valence-electron chi connectivity index (χ4n) is 3.63. The number of aromatic nitrogens is 2. The molecule has 0 unspecified atom stereocenters. The van der Waals surface area contributed by atoms with Crippen LogP contribution in [0.1, 0.15) is 38.5 Å². The van der Waals surface area contributed by atoms with Gasteiger partial charge < -0.3 is 25.8 Å². The van der Waals surface area contributed by atoms with Crippen LogP contribution in [-0.2, 0) is 4.74 Å². The van der Waals surface area contributed by atoms with E-state index in [0.717, 1.165) is 57.0 Å². The Morgan fingerprint density at radius 1 is 1.26 bits per heavy atom. The average molecular weight is 319 g/mol. The van der Waals surface area contributed by atoms with Crippen LogP contribution in [-0.4, -0.2) is 52.5 Å². The van der Waals surface area contributed by atoms with Crippen LogP contribution >= 0.6 is 0 Å². The third kappa shape index (κ3) is 3.07. The maximum absolute atomic E-state index is 10.3. The molecule has 1 spiro atoms. The van der Waals surface area contributed by atoms with E-state index in [-0.39, 0.29) is 11.7 Å². The number of rotatable bonds is 3. The van der Waals surface area contributed by atoms with Crippen LogP contribution in [0, 0.1) is 0 Å². The molecule has 0 radical (unpaired) electrons. The number of nitrogen functional groups attached to an aromatic ring is 1. The first kappa shape index (κ1) is 15.0. The van der Waals surface area contributed by atoms with Gasteiger partial charge in [0.05, 0.1) is 11.7 Å². The number of piperidine rings is 1. The Balaban J connectivity index is 1.46. The molecule has 0 amide bonds. The molecule has 1 aromatic rings. The number of anilines is 3. The number of ether oxygens (including phenoxy) is 1. The van der Waals surface area contributed by atoms with Gasteiger partial charge in [0.2, 0.25) is 5.95 Å². The third-order valence-electron chi connectivity index (χ3n) is 5.21. The number of aliphatic hydroxyl groups excluding tert-OH is 1. The number of nitrogens with zero attached hydrogens (tertiary/aromatic N) is 3. The van der Waals surface area contributed by atoms with Crippen molar-refractivity contribution in [1.29, 1.82) is 0 Å². The first-order chi connectivity index (χ1) is 11.1. The minimum atomic E-state index is -0.359. The molecule has 23 heavy (non-hydrogen) atoms. The van der Waals surface area contributed by atoms with Gasteiger partial charge >= 0.3 is 0 Å². The smallest absolute Gasteiger partial charge is 0.223 e. The van der Waals surface area contributed by atoms with Gasteiger partial charge in [0.1, 0.15) is 11.6 Å². The molecule has 2 aliphatic heterocycles. The summed E-state index contributed by atoms with van der Waals surface area (Å²) in [5, 5.41) is 13.7. The summed E-state index contributed by atoms with van der Waals surface area (Å²) in [5.74, 6) is 1.98. The minimum Gasteiger partial charge on any atom is -0.390 e. The van der Waals surface area contributed by atoms with Crippen LogP contribution < -0.4 is 16.0 Å². The second kappa shape index (κ2) is 5.79. The second-order valence-electron chi connectivity index (χ2n) is 6.95. The summed E-state index contributed by atoms with van der Waals surface area (Å²) in [4.78, 5) is 10.9. The number of hydrogen-bond acceptors (Lipinski definition) is 7. The number of aliphatic hydroxyl groups is 1. The highest BCUT2D eigenvalue weighted by molar-refractivity contribution is 5.53. The molecule has 3 fully saturated rings. The van der Waals surface area contributed by atoms with Crippen molar-refractivity contribution < 1.29 is 9.84 Å². The maximum Gasteiger partial charge on any atom is 0.223 e. The molecule has 1 aliphatic carbocycles. The van der Waals surface area contributed by atoms with Crippen LogP contribution in [0.5, 0.6) is 0 Å². The lowest BCUT2D eigenvalue weighted by Gasteiger charge is -2.47. The molecule has 1 saturated carbocycles. The van der Waals surface area contributed by atoms with Crippen molar-refractivity contribution in [3.8, 4) is 0 Å². The van der Waals surface area contributed by atoms with Gasteiger partial charge in [-0.05, 0) is 38.5 Å². The highest BCUT2D eigenvalue weighted by Gasteiger charge is 2.43. The fourth-order valence-corrected chi connectivity index (χ4v) is 3.63. The zero-order valence-corrected chi connectivity index (χ0v) is 13.4. The molecule has 126 valence electrons. The minimum absolute atomic E-state index is 0.305. The third-order valence-corrected chi connectivity index (χ3v) is 5.21. The summed E-state index contributed by atoms with van der Waals surface area (Å²) in [7, 11) is 0. The van der Waals surface area contributed by atoms with Gasteiger partial charge in [0.25, 0.3) is 0 Å². The molecule has 4 N–H and O–H groups in total. The molecule has 7 heteroatoms. The quantitative estimate of drug-likeness (QED) is 0.769. The highest BCUT2D eigenvalue weighted by Crippen LogP contribution is 2.36. The average Bonchev–Trinajstić information content (AvgIpc) is 3.34. The monoisotopic (exact) mass is 319 g/mol. The summed E-state index contributed by atoms with van der Waals surface area (Å²) in [6.07, 6.45) is 5.48. The van der Waals surface area contributed by atoms with Crippen LogP contribution in [0.3, 0.4) is 0 Å². The predicted molar refractivity (Wildman–Crippen MR) is 88.5 cm³/mol. The van der Waals surface area contributed by atoms with Gasteiger partial charge in [-0.2, -0.15) is 9.97 Å². The normalized spacial score (nSPS) is 27.2. The number of nitrogens with one attached hydrogen (secondary N) is 1. The number of nitrogens with two attached hydrogens (primary N) is 1. The van der Waals surface area contributed by atoms with E-state index in [9.17, 15) is 5.11 Å². The van der Waals surface area contributed by atoms with Gasteiger partial charge in [0, 0.05) is 31.8 Å². The molecular formula is C16H25N5O2. The second-order valence-corrected chi connectivity index (χ2v) is 6.95. The van der Waals surface area contributed by atoms with E-state index in [2.05, 4.69) is 20.2 Å². The first-order valence-corrected chi connectivity index (χ1v) is 8.63. The van der Waals surface area contributed by atoms with Crippen LogP contribution in [0.4, 0.5) is 17.6 Å². The lowest BCUT2D eigenvalue weighted by atomic mass is 9.82. The molecule has 2 saturated heterocycles. The van der Waals surface area contributed by atoms with Gasteiger partial charge in [-0.3, -0.25) is 0 Å². The maximum atomic E-state index is 10.3. The summed E-state index contributed by atoms with van der Waals surface area (Å²) in [6, 6.07) is 2.51. The molecule has 4 rings (SSSR count). The Labute approximate surface area is 136 Å². The van der Waals surface area contributed by atoms with E-state index in [1.807, 2.05) is 6.07 Å². The summed E-state index contributed by atoms with van der Waals surface area (Å²) in [6.45, 7) is 2.39. The molecule has 0 aromatic carbocycles. The topological polar surface area (TPSA) is 96.5 Å². The molecule has 1 atom stereocenters. The predicted octanol–water partition coefficient (Wildman–Crippen LogP) is 1.14. The number of hydrogen-bond donors (Lipinski definition) is 3. The van der Waals surface area contributed by atoms with Crippen molar-refractivity contribution in [1.82, 2.24) is 9.97 Å². The Hall–Kier alpha value is -1.60. The van der Waals surface area contributed by atoms with Crippen molar-refractivity contribution in [2.45, 2.75) is 56.3 Å². The fraction of sp³-hybridized carbons (Fsp3) is 0.750. The van der Waals surface area contributed by atoms with Crippen LogP contribution in [0.25, 0.3) is 0 Å². The zero-order valence-electron chi connectivity index (χ0n) is 13.4. The summed E-state index contributed by atoms with van der Waals surface area (Å²) in [5.41, 5.74) is 5.51. The van der Waals surface area contributed by atoms with Gasteiger partial charge in [-0.1, -0.05) is 0 Å². The first-order valence-electron chi connectivity index (χ1n) is 8.63. The standard InChI is InChI=1S/C16H25N5O2/c17-15-19-13(18-11-3-4-11)10-14(20-15)21-7-5-16(6-8-21)12(22)2-1-9-23-16/h10-12,22H,1-9H2,(H3,17,18,19,20)/t12-/m0/s1. The van der Waals surface area contributed by atoms with E-state index in [4.69, 9.17) is 10.5 Å². The van der Waals surface area contributed by atoms with Gasteiger partial charge in [-0.25, -0.2) is 0 Å². The Kier molecular flexibility index (Phi) is 3.77. The molecular weight excluding hydrogens is 294 g/mol. The summed E-state index contributed by atoms with van der Waals surface area (Å²) < 4.78 is 5.96. The van der Waals surface area contributed by atoms with E-state index < -0.39 is 0 Å². The van der Waals surface area contributed by atoms with E-state index in [1.165, 1.54) is 12.8 Å². The van der Waals surface area contributed by atoms with Crippen molar-refractivity contribution in [2.75, 3.05) is 35.6 Å². The SMILES string of the molecule is Nc1nc(NC2CC2)cc(N2CCC3(CC2)OCCC[C@@H]3O)n1. The lowest BCUT2D eigenvalue weighted by Crippen LogP contribution is -2.55. The zero-order chi connectivity index (χ0) is 15.9. The van der Waals surface area contributed by atoms with E-state index >= 15 is 0 Å². The summed E-state index contributed by atoms with van der Waals surface area (Å²) >= 11 is 0.